The number of hydrogen-bond donors (Lipinski definition) is 0. The van der Waals surface area contributed by atoms with Crippen LogP contribution >= 0.6 is 0 Å². The fourth-order valence-electron chi connectivity index (χ4n) is 0.872. The molecule has 2 heteroatoms. The summed E-state index contributed by atoms with van der Waals surface area (Å²) in [4.78, 5) is 11.2. The van der Waals surface area contributed by atoms with Gasteiger partial charge in [0, 0.05) is 11.5 Å². The minimum absolute atomic E-state index is 0.113. The van der Waals surface area contributed by atoms with Crippen molar-refractivity contribution in [1.29, 1.82) is 0 Å². The van der Waals surface area contributed by atoms with E-state index in [1.807, 2.05) is 39.2 Å². The monoisotopic (exact) mass is 133 g/mol. The minimum atomic E-state index is 0.113. The number of carbonyl (C=O) groups excluding carboxylic acids is 1. The van der Waals surface area contributed by atoms with Crippen molar-refractivity contribution in [2.24, 2.45) is 5.92 Å². The molecule has 1 aliphatic rings. The van der Waals surface area contributed by atoms with Gasteiger partial charge in [0.15, 0.2) is 13.1 Å². The van der Waals surface area contributed by atoms with Gasteiger partial charge in [0.05, 0.1) is 0 Å². The minimum Gasteiger partial charge on any atom is -0.294 e. The van der Waals surface area contributed by atoms with E-state index >= 15 is 0 Å². The van der Waals surface area contributed by atoms with Crippen LogP contribution in [0.15, 0.2) is 23.6 Å². The van der Waals surface area contributed by atoms with Crippen molar-refractivity contribution < 1.29 is 4.79 Å². The van der Waals surface area contributed by atoms with Crippen LogP contribution < -0.4 is 0 Å². The molecule has 0 saturated heterocycles. The molecule has 0 aromatic carbocycles. The van der Waals surface area contributed by atoms with Crippen LogP contribution in [-0.2, 0) is 4.79 Å². The molecule has 0 N–H and O–H groups in total. The van der Waals surface area contributed by atoms with Crippen molar-refractivity contribution in [3.63, 3.8) is 0 Å². The summed E-state index contributed by atoms with van der Waals surface area (Å²) < 4.78 is 0. The molecule has 51 valence electrons. The highest BCUT2D eigenvalue weighted by Crippen LogP contribution is 2.10. The maximum atomic E-state index is 11.2. The zero-order valence-corrected chi connectivity index (χ0v) is 6.29. The van der Waals surface area contributed by atoms with Gasteiger partial charge in [-0.25, -0.2) is 0 Å². The van der Waals surface area contributed by atoms with Crippen LogP contribution in [0, 0.1) is 5.92 Å². The van der Waals surface area contributed by atoms with E-state index in [1.165, 1.54) is 0 Å². The highest BCUT2D eigenvalue weighted by atomic mass is 16.1. The van der Waals surface area contributed by atoms with Gasteiger partial charge < -0.3 is 0 Å². The molecule has 1 rings (SSSR count). The maximum absolute atomic E-state index is 11.2. The topological polar surface area (TPSA) is 17.1 Å². The van der Waals surface area contributed by atoms with E-state index in [1.54, 1.807) is 0 Å². The molecule has 0 spiro atoms. The Kier molecular flexibility index (Phi) is 2.10. The third-order valence-electron chi connectivity index (χ3n) is 1.47. The molecule has 0 aromatic heterocycles. The SMILES string of the molecule is CC(C)C(=O)C1=C[B]C=C1. The van der Waals surface area contributed by atoms with E-state index in [-0.39, 0.29) is 11.7 Å². The Morgan fingerprint density at radius 2 is 2.30 bits per heavy atom. The summed E-state index contributed by atoms with van der Waals surface area (Å²) in [7, 11) is 1.88. The van der Waals surface area contributed by atoms with Crippen LogP contribution in [0.3, 0.4) is 0 Å². The van der Waals surface area contributed by atoms with E-state index in [0.29, 0.717) is 0 Å². The molecule has 0 saturated carbocycles. The quantitative estimate of drug-likeness (QED) is 0.519. The second-order valence-electron chi connectivity index (χ2n) is 2.69. The fourth-order valence-corrected chi connectivity index (χ4v) is 0.872. The number of rotatable bonds is 2. The van der Waals surface area contributed by atoms with Gasteiger partial charge in [-0.3, -0.25) is 4.79 Å². The first-order valence-corrected chi connectivity index (χ1v) is 3.47. The van der Waals surface area contributed by atoms with Gasteiger partial charge in [0.1, 0.15) is 0 Å². The van der Waals surface area contributed by atoms with Crippen LogP contribution in [0.25, 0.3) is 0 Å². The summed E-state index contributed by atoms with van der Waals surface area (Å²) in [5, 5.41) is 0. The lowest BCUT2D eigenvalue weighted by atomic mass is 9.81. The van der Waals surface area contributed by atoms with Crippen LogP contribution in [0.4, 0.5) is 0 Å². The number of allylic oxidation sites excluding steroid dienone is 2. The normalized spacial score (nSPS) is 15.3. The number of carbonyl (C=O) groups is 1. The molecule has 1 radical (unpaired) electrons. The lowest BCUT2D eigenvalue weighted by Gasteiger charge is -2.01. The van der Waals surface area contributed by atoms with Gasteiger partial charge in [-0.15, -0.1) is 12.0 Å². The Labute approximate surface area is 62.1 Å². The second-order valence-corrected chi connectivity index (χ2v) is 2.69. The Bertz CT molecular complexity index is 201. The lowest BCUT2D eigenvalue weighted by molar-refractivity contribution is -0.117. The zero-order valence-electron chi connectivity index (χ0n) is 6.29. The van der Waals surface area contributed by atoms with E-state index < -0.39 is 0 Å². The third-order valence-corrected chi connectivity index (χ3v) is 1.47. The molecule has 1 nitrogen and oxygen atoms in total. The fraction of sp³-hybridized carbons (Fsp3) is 0.375. The van der Waals surface area contributed by atoms with E-state index in [9.17, 15) is 4.79 Å². The van der Waals surface area contributed by atoms with E-state index in [2.05, 4.69) is 0 Å². The Morgan fingerprint density at radius 3 is 2.70 bits per heavy atom. The van der Waals surface area contributed by atoms with Crippen LogP contribution in [-0.4, -0.2) is 13.1 Å². The molecule has 0 unspecified atom stereocenters. The van der Waals surface area contributed by atoms with Crippen molar-refractivity contribution in [3.8, 4) is 0 Å². The van der Waals surface area contributed by atoms with E-state index in [0.717, 1.165) is 5.57 Å². The maximum Gasteiger partial charge on any atom is 0.172 e. The zero-order chi connectivity index (χ0) is 7.56. The second kappa shape index (κ2) is 2.87. The summed E-state index contributed by atoms with van der Waals surface area (Å²) >= 11 is 0. The van der Waals surface area contributed by atoms with Crippen molar-refractivity contribution in [2.75, 3.05) is 0 Å². The van der Waals surface area contributed by atoms with Gasteiger partial charge in [-0.1, -0.05) is 19.9 Å². The molecular weight excluding hydrogens is 123 g/mol. The lowest BCUT2D eigenvalue weighted by Crippen LogP contribution is -2.07. The largest absolute Gasteiger partial charge is 0.294 e. The first kappa shape index (κ1) is 7.32. The Morgan fingerprint density at radius 1 is 1.60 bits per heavy atom. The molecule has 0 aliphatic carbocycles. The Balaban J connectivity index is 2.66. The van der Waals surface area contributed by atoms with Gasteiger partial charge in [0.2, 0.25) is 0 Å². The highest BCUT2D eigenvalue weighted by Gasteiger charge is 2.12. The molecule has 0 amide bonds. The van der Waals surface area contributed by atoms with Crippen molar-refractivity contribution in [3.05, 3.63) is 23.6 Å². The average molecular weight is 133 g/mol. The molecule has 10 heavy (non-hydrogen) atoms. The summed E-state index contributed by atoms with van der Waals surface area (Å²) in [5.41, 5.74) is 0.829. The van der Waals surface area contributed by atoms with Crippen LogP contribution in [0.5, 0.6) is 0 Å². The van der Waals surface area contributed by atoms with Crippen molar-refractivity contribution >= 4 is 13.1 Å². The third kappa shape index (κ3) is 1.38. The number of ketones is 1. The summed E-state index contributed by atoms with van der Waals surface area (Å²) in [5.74, 6) is 4.07. The molecule has 1 heterocycles. The standard InChI is InChI=1S/C8H10BO/c1-6(2)8(10)7-3-4-9-5-7/h3-6H,1-2H3. The van der Waals surface area contributed by atoms with Gasteiger partial charge in [0.25, 0.3) is 0 Å². The number of Topliss-reactive ketones (excluding diaryl/α,β-unsaturated/α-hetero) is 1. The molecule has 0 atom stereocenters. The van der Waals surface area contributed by atoms with Crippen LogP contribution in [0.1, 0.15) is 13.8 Å². The van der Waals surface area contributed by atoms with Crippen molar-refractivity contribution in [1.82, 2.24) is 0 Å². The van der Waals surface area contributed by atoms with Gasteiger partial charge >= 0.3 is 0 Å². The highest BCUT2D eigenvalue weighted by molar-refractivity contribution is 6.51. The molecule has 1 aliphatic heterocycles. The molecule has 0 fully saturated rings. The molecule has 0 aromatic rings. The predicted molar refractivity (Wildman–Crippen MR) is 42.8 cm³/mol. The Hall–Kier alpha value is -0.785. The average Bonchev–Trinajstić information content (AvgIpc) is 2.36. The number of hydrogen-bond acceptors (Lipinski definition) is 1. The van der Waals surface area contributed by atoms with E-state index in [4.69, 9.17) is 0 Å². The summed E-state index contributed by atoms with van der Waals surface area (Å²) in [6.07, 6.45) is 1.85. The summed E-state index contributed by atoms with van der Waals surface area (Å²) in [6, 6.07) is 0. The molecule has 0 bridgehead atoms. The first-order chi connectivity index (χ1) is 4.72. The smallest absolute Gasteiger partial charge is 0.172 e. The van der Waals surface area contributed by atoms with Gasteiger partial charge in [-0.05, 0) is 0 Å². The molecular formula is C8H10BO. The first-order valence-electron chi connectivity index (χ1n) is 3.47. The summed E-state index contributed by atoms with van der Waals surface area (Å²) in [6.45, 7) is 3.82. The predicted octanol–water partition coefficient (Wildman–Crippen LogP) is 1.33. The van der Waals surface area contributed by atoms with Crippen LogP contribution in [0.2, 0.25) is 0 Å². The van der Waals surface area contributed by atoms with Crippen molar-refractivity contribution in [2.45, 2.75) is 13.8 Å². The van der Waals surface area contributed by atoms with Gasteiger partial charge in [-0.2, -0.15) is 0 Å².